The maximum absolute atomic E-state index is 5.49. The second kappa shape index (κ2) is 4.80. The van der Waals surface area contributed by atoms with Crippen LogP contribution >= 0.6 is 15.9 Å². The van der Waals surface area contributed by atoms with Crippen LogP contribution in [0.1, 0.15) is 5.56 Å². The molecule has 2 rings (SSSR count). The number of aromatic nitrogens is 2. The molecule has 0 amide bonds. The first-order valence-corrected chi connectivity index (χ1v) is 5.99. The normalized spacial score (nSPS) is 10.7. The minimum atomic E-state index is 0.612. The van der Waals surface area contributed by atoms with Gasteiger partial charge in [-0.1, -0.05) is 22.0 Å². The number of nitrogens with zero attached hydrogens (tertiary/aromatic N) is 2. The van der Waals surface area contributed by atoms with Gasteiger partial charge in [0.15, 0.2) is 0 Å². The minimum Gasteiger partial charge on any atom is -0.329 e. The minimum absolute atomic E-state index is 0.612. The van der Waals surface area contributed by atoms with Crippen molar-refractivity contribution in [2.45, 2.75) is 13.5 Å². The maximum atomic E-state index is 5.49. The molecule has 0 radical (unpaired) electrons. The molecule has 2 aromatic rings. The summed E-state index contributed by atoms with van der Waals surface area (Å²) in [7, 11) is 0. The summed E-state index contributed by atoms with van der Waals surface area (Å²) in [6.07, 6.45) is 3.91. The molecule has 0 bridgehead atoms. The second-order valence-electron chi connectivity index (χ2n) is 3.74. The lowest BCUT2D eigenvalue weighted by Gasteiger charge is -2.03. The van der Waals surface area contributed by atoms with Crippen LogP contribution in [0.3, 0.4) is 0 Å². The number of nitrogens with two attached hydrogens (primary N) is 1. The van der Waals surface area contributed by atoms with E-state index in [-0.39, 0.29) is 0 Å². The van der Waals surface area contributed by atoms with E-state index in [2.05, 4.69) is 40.1 Å². The Hall–Kier alpha value is -1.13. The summed E-state index contributed by atoms with van der Waals surface area (Å²) in [5, 5.41) is 4.27. The van der Waals surface area contributed by atoms with Crippen molar-refractivity contribution in [1.29, 1.82) is 0 Å². The zero-order valence-electron chi connectivity index (χ0n) is 9.15. The predicted octanol–water partition coefficient (Wildman–Crippen LogP) is 2.58. The van der Waals surface area contributed by atoms with Crippen LogP contribution in [0.5, 0.6) is 0 Å². The molecule has 0 saturated heterocycles. The van der Waals surface area contributed by atoms with E-state index in [1.54, 1.807) is 0 Å². The van der Waals surface area contributed by atoms with Crippen LogP contribution in [0, 0.1) is 6.92 Å². The summed E-state index contributed by atoms with van der Waals surface area (Å²) < 4.78 is 2.97. The van der Waals surface area contributed by atoms with E-state index >= 15 is 0 Å². The Kier molecular flexibility index (Phi) is 3.41. The highest BCUT2D eigenvalue weighted by Gasteiger charge is 2.04. The number of hydrogen-bond donors (Lipinski definition) is 1. The average Bonchev–Trinajstić information content (AvgIpc) is 2.67. The molecule has 0 saturated carbocycles. The number of hydrogen-bond acceptors (Lipinski definition) is 2. The summed E-state index contributed by atoms with van der Waals surface area (Å²) >= 11 is 3.46. The summed E-state index contributed by atoms with van der Waals surface area (Å²) in [4.78, 5) is 0. The number of aryl methyl sites for hydroxylation is 1. The topological polar surface area (TPSA) is 43.8 Å². The van der Waals surface area contributed by atoms with Gasteiger partial charge in [-0.3, -0.25) is 4.68 Å². The first-order chi connectivity index (χ1) is 7.70. The smallest absolute Gasteiger partial charge is 0.0568 e. The van der Waals surface area contributed by atoms with E-state index in [0.29, 0.717) is 6.54 Å². The molecule has 0 aliphatic heterocycles. The van der Waals surface area contributed by atoms with Crippen molar-refractivity contribution in [3.05, 3.63) is 40.6 Å². The molecule has 84 valence electrons. The van der Waals surface area contributed by atoms with Crippen LogP contribution < -0.4 is 5.73 Å². The zero-order chi connectivity index (χ0) is 11.5. The zero-order valence-corrected chi connectivity index (χ0v) is 10.7. The monoisotopic (exact) mass is 279 g/mol. The van der Waals surface area contributed by atoms with E-state index in [1.807, 2.05) is 23.1 Å². The van der Waals surface area contributed by atoms with Crippen molar-refractivity contribution in [3.8, 4) is 11.1 Å². The molecule has 0 unspecified atom stereocenters. The summed E-state index contributed by atoms with van der Waals surface area (Å²) in [6.45, 7) is 3.47. The quantitative estimate of drug-likeness (QED) is 0.939. The molecule has 1 heterocycles. The fourth-order valence-electron chi connectivity index (χ4n) is 1.71. The van der Waals surface area contributed by atoms with Gasteiger partial charge in [-0.15, -0.1) is 0 Å². The summed E-state index contributed by atoms with van der Waals surface area (Å²) in [5.41, 5.74) is 9.08. The van der Waals surface area contributed by atoms with Crippen molar-refractivity contribution in [3.63, 3.8) is 0 Å². The Balaban J connectivity index is 2.35. The van der Waals surface area contributed by atoms with Gasteiger partial charge < -0.3 is 5.73 Å². The largest absolute Gasteiger partial charge is 0.329 e. The lowest BCUT2D eigenvalue weighted by Crippen LogP contribution is -2.09. The first kappa shape index (κ1) is 11.4. The van der Waals surface area contributed by atoms with Crippen LogP contribution in [0.25, 0.3) is 11.1 Å². The standard InChI is InChI=1S/C12H14BrN3/c1-9-6-11(13)2-3-12(9)10-7-15-16(8-10)5-4-14/h2-3,6-8H,4-5,14H2,1H3. The summed E-state index contributed by atoms with van der Waals surface area (Å²) in [6, 6.07) is 6.25. The fraction of sp³-hybridized carbons (Fsp3) is 0.250. The highest BCUT2D eigenvalue weighted by atomic mass is 79.9. The molecular weight excluding hydrogens is 266 g/mol. The van der Waals surface area contributed by atoms with Gasteiger partial charge in [-0.05, 0) is 30.2 Å². The molecule has 0 spiro atoms. The SMILES string of the molecule is Cc1cc(Br)ccc1-c1cnn(CCN)c1. The first-order valence-electron chi connectivity index (χ1n) is 5.20. The van der Waals surface area contributed by atoms with E-state index in [4.69, 9.17) is 5.73 Å². The van der Waals surface area contributed by atoms with Crippen LogP contribution in [-0.4, -0.2) is 16.3 Å². The molecule has 2 N–H and O–H groups in total. The van der Waals surface area contributed by atoms with Crippen molar-refractivity contribution in [2.24, 2.45) is 5.73 Å². The molecule has 1 aromatic heterocycles. The molecule has 0 fully saturated rings. The van der Waals surface area contributed by atoms with Crippen molar-refractivity contribution < 1.29 is 0 Å². The Labute approximate surface area is 103 Å². The molecule has 3 nitrogen and oxygen atoms in total. The maximum Gasteiger partial charge on any atom is 0.0568 e. The molecule has 0 atom stereocenters. The van der Waals surface area contributed by atoms with Crippen molar-refractivity contribution >= 4 is 15.9 Å². The molecule has 0 aliphatic rings. The van der Waals surface area contributed by atoms with Gasteiger partial charge in [0.2, 0.25) is 0 Å². The van der Waals surface area contributed by atoms with Crippen molar-refractivity contribution in [2.75, 3.05) is 6.54 Å². The van der Waals surface area contributed by atoms with Crippen LogP contribution in [0.15, 0.2) is 35.1 Å². The third-order valence-corrected chi connectivity index (χ3v) is 2.98. The summed E-state index contributed by atoms with van der Waals surface area (Å²) in [5.74, 6) is 0. The number of benzene rings is 1. The van der Waals surface area contributed by atoms with Gasteiger partial charge >= 0.3 is 0 Å². The van der Waals surface area contributed by atoms with Crippen LogP contribution in [-0.2, 0) is 6.54 Å². The Morgan fingerprint density at radius 1 is 1.44 bits per heavy atom. The molecule has 0 aliphatic carbocycles. The molecular formula is C12H14BrN3. The lowest BCUT2D eigenvalue weighted by atomic mass is 10.0. The van der Waals surface area contributed by atoms with E-state index in [0.717, 1.165) is 16.6 Å². The molecule has 16 heavy (non-hydrogen) atoms. The van der Waals surface area contributed by atoms with Crippen molar-refractivity contribution in [1.82, 2.24) is 9.78 Å². The van der Waals surface area contributed by atoms with E-state index in [1.165, 1.54) is 11.1 Å². The Bertz CT molecular complexity index is 491. The van der Waals surface area contributed by atoms with Gasteiger partial charge in [0, 0.05) is 22.8 Å². The van der Waals surface area contributed by atoms with Gasteiger partial charge in [0.05, 0.1) is 12.7 Å². The lowest BCUT2D eigenvalue weighted by molar-refractivity contribution is 0.625. The number of halogens is 1. The van der Waals surface area contributed by atoms with E-state index in [9.17, 15) is 0 Å². The third kappa shape index (κ3) is 2.33. The molecule has 1 aromatic carbocycles. The molecule has 4 heteroatoms. The van der Waals surface area contributed by atoms with Gasteiger partial charge in [0.25, 0.3) is 0 Å². The van der Waals surface area contributed by atoms with Crippen LogP contribution in [0.4, 0.5) is 0 Å². The Morgan fingerprint density at radius 3 is 2.94 bits per heavy atom. The predicted molar refractivity (Wildman–Crippen MR) is 69.2 cm³/mol. The van der Waals surface area contributed by atoms with E-state index < -0.39 is 0 Å². The average molecular weight is 280 g/mol. The highest BCUT2D eigenvalue weighted by Crippen LogP contribution is 2.25. The Morgan fingerprint density at radius 2 is 2.25 bits per heavy atom. The number of rotatable bonds is 3. The van der Waals surface area contributed by atoms with Crippen LogP contribution in [0.2, 0.25) is 0 Å². The second-order valence-corrected chi connectivity index (χ2v) is 4.66. The van der Waals surface area contributed by atoms with Gasteiger partial charge in [-0.25, -0.2) is 0 Å². The third-order valence-electron chi connectivity index (χ3n) is 2.49. The fourth-order valence-corrected chi connectivity index (χ4v) is 2.18. The van der Waals surface area contributed by atoms with Gasteiger partial charge in [0.1, 0.15) is 0 Å². The van der Waals surface area contributed by atoms with Gasteiger partial charge in [-0.2, -0.15) is 5.10 Å². The highest BCUT2D eigenvalue weighted by molar-refractivity contribution is 9.10.